The number of aryl methyl sites for hydroxylation is 1. The molecule has 3 rings (SSSR count). The van der Waals surface area contributed by atoms with Crippen LogP contribution in [-0.4, -0.2) is 32.2 Å². The Labute approximate surface area is 166 Å². The second kappa shape index (κ2) is 7.84. The van der Waals surface area contributed by atoms with Gasteiger partial charge in [-0.25, -0.2) is 13.4 Å². The van der Waals surface area contributed by atoms with Crippen LogP contribution in [-0.2, 0) is 14.6 Å². The van der Waals surface area contributed by atoms with Crippen molar-refractivity contribution < 1.29 is 17.9 Å². The minimum Gasteiger partial charge on any atom is -0.497 e. The van der Waals surface area contributed by atoms with E-state index in [2.05, 4.69) is 10.3 Å². The highest BCUT2D eigenvalue weighted by molar-refractivity contribution is 7.91. The van der Waals surface area contributed by atoms with Crippen molar-refractivity contribution in [2.45, 2.75) is 18.2 Å². The van der Waals surface area contributed by atoms with Crippen molar-refractivity contribution in [2.75, 3.05) is 18.2 Å². The molecule has 0 spiro atoms. The van der Waals surface area contributed by atoms with Gasteiger partial charge in [0.25, 0.3) is 0 Å². The molecule has 0 saturated carbocycles. The Bertz CT molecular complexity index is 1090. The van der Waals surface area contributed by atoms with Crippen LogP contribution in [0.2, 0.25) is 5.02 Å². The summed E-state index contributed by atoms with van der Waals surface area (Å²) in [7, 11) is -2.06. The van der Waals surface area contributed by atoms with Crippen LogP contribution >= 0.6 is 22.9 Å². The van der Waals surface area contributed by atoms with Gasteiger partial charge < -0.3 is 10.1 Å². The molecule has 1 amide bonds. The van der Waals surface area contributed by atoms with Crippen molar-refractivity contribution in [1.29, 1.82) is 0 Å². The summed E-state index contributed by atoms with van der Waals surface area (Å²) >= 11 is 7.40. The predicted molar refractivity (Wildman–Crippen MR) is 108 cm³/mol. The Balaban J connectivity index is 1.66. The molecule has 2 aromatic carbocycles. The molecular formula is C18H17ClN2O4S2. The number of rotatable bonds is 6. The third-order valence-electron chi connectivity index (χ3n) is 4.01. The fraction of sp³-hybridized carbons (Fsp3) is 0.222. The Kier molecular flexibility index (Phi) is 5.69. The van der Waals surface area contributed by atoms with Crippen molar-refractivity contribution in [3.63, 3.8) is 0 Å². The number of halogens is 1. The molecule has 142 valence electrons. The number of hydrogen-bond donors (Lipinski definition) is 1. The highest BCUT2D eigenvalue weighted by Gasteiger charge is 2.18. The molecule has 0 atom stereocenters. The van der Waals surface area contributed by atoms with Crippen LogP contribution in [0.25, 0.3) is 10.2 Å². The van der Waals surface area contributed by atoms with Gasteiger partial charge in [0.15, 0.2) is 15.0 Å². The summed E-state index contributed by atoms with van der Waals surface area (Å²) in [6.07, 6.45) is -0.163. The number of sulfone groups is 1. The lowest BCUT2D eigenvalue weighted by Crippen LogP contribution is -2.17. The summed E-state index contributed by atoms with van der Waals surface area (Å²) in [5.74, 6) is -0.131. The highest BCUT2D eigenvalue weighted by Crippen LogP contribution is 2.31. The molecular weight excluding hydrogens is 408 g/mol. The average molecular weight is 425 g/mol. The largest absolute Gasteiger partial charge is 0.497 e. The molecule has 0 aliphatic carbocycles. The van der Waals surface area contributed by atoms with Gasteiger partial charge in [-0.1, -0.05) is 22.9 Å². The van der Waals surface area contributed by atoms with Crippen molar-refractivity contribution in [2.24, 2.45) is 0 Å². The normalized spacial score (nSPS) is 11.5. The van der Waals surface area contributed by atoms with Crippen LogP contribution in [0, 0.1) is 6.92 Å². The maximum absolute atomic E-state index is 12.4. The molecule has 0 bridgehead atoms. The van der Waals surface area contributed by atoms with E-state index >= 15 is 0 Å². The number of anilines is 1. The van der Waals surface area contributed by atoms with E-state index in [-0.39, 0.29) is 17.1 Å². The first-order valence-corrected chi connectivity index (χ1v) is 10.9. The molecule has 27 heavy (non-hydrogen) atoms. The summed E-state index contributed by atoms with van der Waals surface area (Å²) in [5, 5.41) is 3.69. The minimum atomic E-state index is -3.56. The number of methoxy groups -OCH3 is 1. The summed E-state index contributed by atoms with van der Waals surface area (Å²) in [6, 6.07) is 9.69. The fourth-order valence-corrected chi connectivity index (χ4v) is 4.80. The highest BCUT2D eigenvalue weighted by atomic mass is 35.5. The Hall–Kier alpha value is -2.16. The molecule has 1 aromatic heterocycles. The minimum absolute atomic E-state index is 0.154. The van der Waals surface area contributed by atoms with E-state index in [1.165, 1.54) is 30.6 Å². The molecule has 0 unspecified atom stereocenters. The Morgan fingerprint density at radius 2 is 1.93 bits per heavy atom. The number of carbonyl (C=O) groups is 1. The summed E-state index contributed by atoms with van der Waals surface area (Å²) in [4.78, 5) is 16.7. The molecule has 1 N–H and O–H groups in total. The topological polar surface area (TPSA) is 85.4 Å². The second-order valence-corrected chi connectivity index (χ2v) is 9.38. The van der Waals surface area contributed by atoms with E-state index in [4.69, 9.17) is 16.3 Å². The molecule has 0 aliphatic heterocycles. The standard InChI is InChI=1S/C18H17ClN2O4S2/c1-11-14(19)7-8-15-17(11)21-18(26-15)20-16(22)9-10-27(23,24)13-5-3-12(25-2)4-6-13/h3-8H,9-10H2,1-2H3,(H,20,21,22). The number of carbonyl (C=O) groups excluding carboxylic acids is 1. The zero-order valence-electron chi connectivity index (χ0n) is 14.7. The first-order valence-electron chi connectivity index (χ1n) is 8.02. The SMILES string of the molecule is COc1ccc(S(=O)(=O)CCC(=O)Nc2nc3c(C)c(Cl)ccc3s2)cc1. The first-order chi connectivity index (χ1) is 12.8. The van der Waals surface area contributed by atoms with Gasteiger partial charge in [-0.15, -0.1) is 0 Å². The van der Waals surface area contributed by atoms with Crippen LogP contribution in [0.5, 0.6) is 5.75 Å². The maximum atomic E-state index is 12.4. The van der Waals surface area contributed by atoms with E-state index in [1.54, 1.807) is 18.2 Å². The summed E-state index contributed by atoms with van der Waals surface area (Å²) in [5.41, 5.74) is 1.57. The van der Waals surface area contributed by atoms with Gasteiger partial charge in [-0.05, 0) is 48.9 Å². The number of amides is 1. The van der Waals surface area contributed by atoms with Crippen LogP contribution in [0.15, 0.2) is 41.3 Å². The molecule has 0 aliphatic rings. The second-order valence-electron chi connectivity index (χ2n) is 5.83. The summed E-state index contributed by atoms with van der Waals surface area (Å²) < 4.78 is 30.6. The number of ether oxygens (including phenoxy) is 1. The van der Waals surface area contributed by atoms with Crippen molar-refractivity contribution in [3.05, 3.63) is 47.0 Å². The molecule has 0 radical (unpaired) electrons. The van der Waals surface area contributed by atoms with Gasteiger partial charge >= 0.3 is 0 Å². The molecule has 0 fully saturated rings. The van der Waals surface area contributed by atoms with E-state index in [0.717, 1.165) is 15.8 Å². The first kappa shape index (κ1) is 19.6. The van der Waals surface area contributed by atoms with E-state index in [0.29, 0.717) is 15.9 Å². The van der Waals surface area contributed by atoms with E-state index < -0.39 is 15.7 Å². The van der Waals surface area contributed by atoms with Crippen molar-refractivity contribution in [3.8, 4) is 5.75 Å². The zero-order valence-corrected chi connectivity index (χ0v) is 17.0. The quantitative estimate of drug-likeness (QED) is 0.644. The summed E-state index contributed by atoms with van der Waals surface area (Å²) in [6.45, 7) is 1.86. The lowest BCUT2D eigenvalue weighted by molar-refractivity contribution is -0.115. The molecule has 1 heterocycles. The monoisotopic (exact) mass is 424 g/mol. The number of benzene rings is 2. The van der Waals surface area contributed by atoms with Gasteiger partial charge in [0.05, 0.1) is 28.0 Å². The van der Waals surface area contributed by atoms with Gasteiger partial charge in [0.1, 0.15) is 5.75 Å². The number of aromatic nitrogens is 1. The van der Waals surface area contributed by atoms with Crippen LogP contribution in [0.4, 0.5) is 5.13 Å². The zero-order chi connectivity index (χ0) is 19.6. The molecule has 6 nitrogen and oxygen atoms in total. The number of thiazole rings is 1. The average Bonchev–Trinajstić information content (AvgIpc) is 3.06. The molecule has 3 aromatic rings. The number of fused-ring (bicyclic) bond motifs is 1. The fourth-order valence-electron chi connectivity index (χ4n) is 2.46. The number of nitrogens with zero attached hydrogens (tertiary/aromatic N) is 1. The van der Waals surface area contributed by atoms with Gasteiger partial charge in [0.2, 0.25) is 5.91 Å². The van der Waals surface area contributed by atoms with E-state index in [9.17, 15) is 13.2 Å². The third-order valence-corrected chi connectivity index (χ3v) is 7.09. The molecule has 9 heteroatoms. The van der Waals surface area contributed by atoms with Crippen molar-refractivity contribution in [1.82, 2.24) is 4.98 Å². The third kappa shape index (κ3) is 4.40. The molecule has 0 saturated heterocycles. The van der Waals surface area contributed by atoms with Crippen molar-refractivity contribution >= 4 is 54.0 Å². The Morgan fingerprint density at radius 3 is 2.59 bits per heavy atom. The lowest BCUT2D eigenvalue weighted by Gasteiger charge is -2.06. The number of nitrogens with one attached hydrogen (secondary N) is 1. The smallest absolute Gasteiger partial charge is 0.227 e. The van der Waals surface area contributed by atoms with Gasteiger partial charge in [0, 0.05) is 11.4 Å². The maximum Gasteiger partial charge on any atom is 0.227 e. The van der Waals surface area contributed by atoms with Gasteiger partial charge in [-0.2, -0.15) is 0 Å². The van der Waals surface area contributed by atoms with Gasteiger partial charge in [-0.3, -0.25) is 4.79 Å². The van der Waals surface area contributed by atoms with Crippen LogP contribution in [0.3, 0.4) is 0 Å². The van der Waals surface area contributed by atoms with Crippen LogP contribution in [0.1, 0.15) is 12.0 Å². The number of hydrogen-bond acceptors (Lipinski definition) is 6. The Morgan fingerprint density at radius 1 is 1.22 bits per heavy atom. The lowest BCUT2D eigenvalue weighted by atomic mass is 10.2. The van der Waals surface area contributed by atoms with E-state index in [1.807, 2.05) is 13.0 Å². The van der Waals surface area contributed by atoms with Crippen LogP contribution < -0.4 is 10.1 Å². The predicted octanol–water partition coefficient (Wildman–Crippen LogP) is 4.07.